The monoisotopic (exact) mass is 293 g/mol. The van der Waals surface area contributed by atoms with Crippen molar-refractivity contribution in [2.75, 3.05) is 17.7 Å². The van der Waals surface area contributed by atoms with Crippen molar-refractivity contribution < 1.29 is 9.66 Å². The first kappa shape index (κ1) is 14.1. The molecular weight excluding hydrogens is 278 g/mol. The minimum absolute atomic E-state index is 0.00826. The Morgan fingerprint density at radius 2 is 2.25 bits per heavy atom. The number of nitrogens with zero attached hydrogens (tertiary/aromatic N) is 1. The van der Waals surface area contributed by atoms with Crippen LogP contribution in [-0.4, -0.2) is 11.5 Å². The number of hydrogen-bond donors (Lipinski definition) is 2. The first-order chi connectivity index (χ1) is 9.61. The van der Waals surface area contributed by atoms with E-state index in [1.165, 1.54) is 17.4 Å². The quantitative estimate of drug-likeness (QED) is 0.630. The van der Waals surface area contributed by atoms with Crippen molar-refractivity contribution >= 4 is 28.4 Å². The fourth-order valence-electron chi connectivity index (χ4n) is 1.74. The van der Waals surface area contributed by atoms with Crippen LogP contribution in [-0.2, 0) is 6.54 Å². The molecule has 20 heavy (non-hydrogen) atoms. The van der Waals surface area contributed by atoms with E-state index in [1.807, 2.05) is 18.4 Å². The molecule has 1 heterocycles. The summed E-state index contributed by atoms with van der Waals surface area (Å²) < 4.78 is 5.27. The maximum absolute atomic E-state index is 11.1. The topological polar surface area (TPSA) is 90.4 Å². The Bertz CT molecular complexity index is 613. The number of anilines is 2. The molecule has 1 aromatic carbocycles. The van der Waals surface area contributed by atoms with Gasteiger partial charge in [-0.25, -0.2) is 0 Å². The second-order valence-corrected chi connectivity index (χ2v) is 5.02. The van der Waals surface area contributed by atoms with E-state index in [2.05, 4.69) is 5.32 Å². The van der Waals surface area contributed by atoms with Gasteiger partial charge in [-0.05, 0) is 30.5 Å². The molecule has 0 unspecified atom stereocenters. The molecule has 106 valence electrons. The van der Waals surface area contributed by atoms with Gasteiger partial charge in [-0.1, -0.05) is 0 Å². The van der Waals surface area contributed by atoms with Crippen molar-refractivity contribution in [2.45, 2.75) is 13.5 Å². The van der Waals surface area contributed by atoms with Crippen LogP contribution >= 0.6 is 11.3 Å². The summed E-state index contributed by atoms with van der Waals surface area (Å²) in [5.74, 6) is 0.486. The molecule has 3 N–H and O–H groups in total. The molecule has 0 atom stereocenters. The maximum atomic E-state index is 11.1. The summed E-state index contributed by atoms with van der Waals surface area (Å²) in [5.41, 5.74) is 6.92. The van der Waals surface area contributed by atoms with E-state index in [1.54, 1.807) is 12.1 Å². The number of hydrogen-bond acceptors (Lipinski definition) is 6. The highest BCUT2D eigenvalue weighted by molar-refractivity contribution is 7.10. The van der Waals surface area contributed by atoms with Crippen LogP contribution in [0.3, 0.4) is 0 Å². The maximum Gasteiger partial charge on any atom is 0.296 e. The van der Waals surface area contributed by atoms with Gasteiger partial charge in [-0.2, -0.15) is 0 Å². The van der Waals surface area contributed by atoms with Gasteiger partial charge in [0.15, 0.2) is 0 Å². The van der Waals surface area contributed by atoms with Crippen LogP contribution in [0.15, 0.2) is 29.6 Å². The third-order valence-corrected chi connectivity index (χ3v) is 3.63. The van der Waals surface area contributed by atoms with Gasteiger partial charge in [-0.3, -0.25) is 10.1 Å². The highest BCUT2D eigenvalue weighted by Crippen LogP contribution is 2.30. The van der Waals surface area contributed by atoms with E-state index in [0.29, 0.717) is 30.3 Å². The van der Waals surface area contributed by atoms with E-state index in [-0.39, 0.29) is 5.69 Å². The van der Waals surface area contributed by atoms with Crippen molar-refractivity contribution in [3.05, 3.63) is 44.6 Å². The summed E-state index contributed by atoms with van der Waals surface area (Å²) >= 11 is 1.51. The highest BCUT2D eigenvalue weighted by atomic mass is 32.1. The molecular formula is C13H15N3O3S. The van der Waals surface area contributed by atoms with Crippen LogP contribution in [0.4, 0.5) is 17.1 Å². The summed E-state index contributed by atoms with van der Waals surface area (Å²) in [7, 11) is 0. The van der Waals surface area contributed by atoms with Gasteiger partial charge in [-0.15, -0.1) is 11.3 Å². The van der Waals surface area contributed by atoms with Gasteiger partial charge in [0.05, 0.1) is 24.1 Å². The average Bonchev–Trinajstić information content (AvgIpc) is 2.83. The lowest BCUT2D eigenvalue weighted by molar-refractivity contribution is -0.384. The van der Waals surface area contributed by atoms with Crippen LogP contribution in [0, 0.1) is 10.1 Å². The minimum Gasteiger partial charge on any atom is -0.494 e. The SMILES string of the molecule is CCOc1ccc(NCc2sccc2N)c([N+](=O)[O-])c1. The van der Waals surface area contributed by atoms with Crippen molar-refractivity contribution in [3.63, 3.8) is 0 Å². The zero-order chi connectivity index (χ0) is 14.5. The van der Waals surface area contributed by atoms with Gasteiger partial charge in [0.25, 0.3) is 5.69 Å². The average molecular weight is 293 g/mol. The molecule has 0 amide bonds. The van der Waals surface area contributed by atoms with E-state index in [4.69, 9.17) is 10.5 Å². The highest BCUT2D eigenvalue weighted by Gasteiger charge is 2.15. The standard InChI is InChI=1S/C13H15N3O3S/c1-2-19-9-3-4-11(12(7-9)16(17)18)15-8-13-10(14)5-6-20-13/h3-7,15H,2,8,14H2,1H3. The smallest absolute Gasteiger partial charge is 0.296 e. The van der Waals surface area contributed by atoms with E-state index in [0.717, 1.165) is 4.88 Å². The third-order valence-electron chi connectivity index (χ3n) is 2.70. The van der Waals surface area contributed by atoms with Crippen LogP contribution in [0.25, 0.3) is 0 Å². The molecule has 0 radical (unpaired) electrons. The first-order valence-electron chi connectivity index (χ1n) is 6.08. The molecule has 1 aromatic heterocycles. The van der Waals surface area contributed by atoms with E-state index < -0.39 is 4.92 Å². The second kappa shape index (κ2) is 6.25. The van der Waals surface area contributed by atoms with Crippen LogP contribution in [0.2, 0.25) is 0 Å². The first-order valence-corrected chi connectivity index (χ1v) is 6.96. The van der Waals surface area contributed by atoms with Crippen LogP contribution in [0.1, 0.15) is 11.8 Å². The molecule has 6 nitrogen and oxygen atoms in total. The van der Waals surface area contributed by atoms with Gasteiger partial charge >= 0.3 is 0 Å². The lowest BCUT2D eigenvalue weighted by atomic mass is 10.2. The number of ether oxygens (including phenoxy) is 1. The lowest BCUT2D eigenvalue weighted by Gasteiger charge is -2.08. The van der Waals surface area contributed by atoms with E-state index >= 15 is 0 Å². The lowest BCUT2D eigenvalue weighted by Crippen LogP contribution is -2.03. The summed E-state index contributed by atoms with van der Waals surface area (Å²) in [6.45, 7) is 2.76. The Morgan fingerprint density at radius 3 is 2.85 bits per heavy atom. The minimum atomic E-state index is -0.428. The number of nitrogens with one attached hydrogen (secondary N) is 1. The number of benzene rings is 1. The Labute approximate surface area is 120 Å². The number of thiophene rings is 1. The van der Waals surface area contributed by atoms with Crippen LogP contribution in [0.5, 0.6) is 5.75 Å². The molecule has 2 aromatic rings. The molecule has 0 bridgehead atoms. The predicted molar refractivity (Wildman–Crippen MR) is 80.3 cm³/mol. The van der Waals surface area contributed by atoms with Gasteiger partial charge < -0.3 is 15.8 Å². The van der Waals surface area contributed by atoms with Gasteiger partial charge in [0, 0.05) is 10.6 Å². The zero-order valence-corrected chi connectivity index (χ0v) is 11.8. The largest absolute Gasteiger partial charge is 0.494 e. The Hall–Kier alpha value is -2.28. The Kier molecular flexibility index (Phi) is 4.41. The molecule has 0 fully saturated rings. The van der Waals surface area contributed by atoms with E-state index in [9.17, 15) is 10.1 Å². The molecule has 0 spiro atoms. The second-order valence-electron chi connectivity index (χ2n) is 4.02. The molecule has 0 aliphatic rings. The predicted octanol–water partition coefficient (Wildman–Crippen LogP) is 3.25. The summed E-state index contributed by atoms with van der Waals surface area (Å²) in [5, 5.41) is 16.0. The normalized spacial score (nSPS) is 10.2. The molecule has 0 saturated heterocycles. The number of nitrogens with two attached hydrogens (primary N) is 1. The number of nitro benzene ring substituents is 1. The molecule has 2 rings (SSSR count). The fourth-order valence-corrected chi connectivity index (χ4v) is 2.48. The van der Waals surface area contributed by atoms with Crippen molar-refractivity contribution in [3.8, 4) is 5.75 Å². The van der Waals surface area contributed by atoms with Crippen molar-refractivity contribution in [1.29, 1.82) is 0 Å². The number of nitro groups is 1. The van der Waals surface area contributed by atoms with Gasteiger partial charge in [0.1, 0.15) is 11.4 Å². The molecule has 0 saturated carbocycles. The summed E-state index contributed by atoms with van der Waals surface area (Å²) in [4.78, 5) is 11.6. The fraction of sp³-hybridized carbons (Fsp3) is 0.231. The zero-order valence-electron chi connectivity index (χ0n) is 11.0. The number of rotatable bonds is 6. The summed E-state index contributed by atoms with van der Waals surface area (Å²) in [6.07, 6.45) is 0. The van der Waals surface area contributed by atoms with Crippen molar-refractivity contribution in [1.82, 2.24) is 0 Å². The molecule has 0 aliphatic heterocycles. The Morgan fingerprint density at radius 1 is 1.45 bits per heavy atom. The molecule has 0 aliphatic carbocycles. The van der Waals surface area contributed by atoms with Gasteiger partial charge in [0.2, 0.25) is 0 Å². The Balaban J connectivity index is 2.18. The third kappa shape index (κ3) is 3.18. The van der Waals surface area contributed by atoms with Crippen molar-refractivity contribution in [2.24, 2.45) is 0 Å². The molecule has 7 heteroatoms. The summed E-state index contributed by atoms with van der Waals surface area (Å²) in [6, 6.07) is 6.58. The van der Waals surface area contributed by atoms with Crippen LogP contribution < -0.4 is 15.8 Å². The number of nitrogen functional groups attached to an aromatic ring is 1.